The highest BCUT2D eigenvalue weighted by atomic mass is 32.1. The molecule has 656 valence electrons. The molecule has 0 atom stereocenters. The van der Waals surface area contributed by atoms with E-state index in [9.17, 15) is 0 Å². The molecule has 4 heterocycles. The molecule has 140 heavy (non-hydrogen) atoms. The van der Waals surface area contributed by atoms with E-state index < -0.39 is 10.8 Å². The smallest absolute Gasteiger partial charge is 0.0713 e. The van der Waals surface area contributed by atoms with E-state index in [2.05, 4.69) is 532 Å². The topological polar surface area (TPSA) is 6.48 Å². The van der Waals surface area contributed by atoms with E-state index in [1.165, 1.54) is 214 Å². The molecule has 0 spiro atoms. The number of rotatable bonds is 16. The van der Waals surface area contributed by atoms with Crippen LogP contribution in [0.25, 0.3) is 170 Å². The molecule has 0 N–H and O–H groups in total. The molecule has 0 bridgehead atoms. The molecule has 0 unspecified atom stereocenters. The van der Waals surface area contributed by atoms with Crippen molar-refractivity contribution in [3.63, 3.8) is 0 Å². The SMILES string of the molecule is c1ccc(C2(c3ccccc3)c3ccccc3-c3c(-c4ccc(N(c5ccc(-c6ccc7sc8ccccc8c7c6)cc5)c5ccc(-c6ccc7sc8ccccc8c7c6)cc5)cc4)cccc32)cc1.c1ccc(C2(c3ccccc3)c3ccccc3-c3c(-c4ccc(N(c5ccc(-c6cccc7c6sc6ccccc67)cc5)c5ccc(-c6cccc7c6sc6ccccc67)cc5)cc4)cccc32)cc1. The summed E-state index contributed by atoms with van der Waals surface area (Å²) in [7, 11) is 0. The summed E-state index contributed by atoms with van der Waals surface area (Å²) < 4.78 is 10.6. The average Bonchev–Trinajstić information content (AvgIpc) is 1.54. The normalized spacial score (nSPS) is 12.7. The van der Waals surface area contributed by atoms with Gasteiger partial charge in [-0.2, -0.15) is 0 Å². The van der Waals surface area contributed by atoms with Crippen LogP contribution in [0.4, 0.5) is 34.1 Å². The summed E-state index contributed by atoms with van der Waals surface area (Å²) >= 11 is 7.48. The summed E-state index contributed by atoms with van der Waals surface area (Å²) in [6, 6.07) is 193. The maximum atomic E-state index is 2.40. The Bertz CT molecular complexity index is 8870. The summed E-state index contributed by atoms with van der Waals surface area (Å²) in [6.07, 6.45) is 0. The Hall–Kier alpha value is -16.7. The van der Waals surface area contributed by atoms with E-state index in [1.54, 1.807) is 0 Å². The van der Waals surface area contributed by atoms with Gasteiger partial charge in [-0.15, -0.1) is 45.3 Å². The quantitative estimate of drug-likeness (QED) is 0.0951. The van der Waals surface area contributed by atoms with Crippen LogP contribution in [0.1, 0.15) is 44.5 Å². The zero-order valence-corrected chi connectivity index (χ0v) is 79.4. The van der Waals surface area contributed by atoms with Gasteiger partial charge in [0.05, 0.1) is 10.8 Å². The molecule has 0 radical (unpaired) electrons. The second-order valence-corrected chi connectivity index (χ2v) is 40.9. The number of nitrogens with zero attached hydrogens (tertiary/aromatic N) is 2. The first kappa shape index (κ1) is 82.8. The first-order chi connectivity index (χ1) is 69.4. The van der Waals surface area contributed by atoms with Crippen molar-refractivity contribution in [3.05, 3.63) is 566 Å². The molecule has 26 aromatic rings. The lowest BCUT2D eigenvalue weighted by molar-refractivity contribution is 0.768. The van der Waals surface area contributed by atoms with Crippen molar-refractivity contribution in [1.82, 2.24) is 0 Å². The molecule has 0 aliphatic heterocycles. The van der Waals surface area contributed by atoms with Gasteiger partial charge in [-0.25, -0.2) is 0 Å². The van der Waals surface area contributed by atoms with E-state index >= 15 is 0 Å². The van der Waals surface area contributed by atoms with Crippen LogP contribution >= 0.6 is 45.3 Å². The highest BCUT2D eigenvalue weighted by Crippen LogP contribution is 2.61. The van der Waals surface area contributed by atoms with Gasteiger partial charge in [0.1, 0.15) is 0 Å². The van der Waals surface area contributed by atoms with Crippen molar-refractivity contribution >= 4 is 160 Å². The highest BCUT2D eigenvalue weighted by molar-refractivity contribution is 7.27. The van der Waals surface area contributed by atoms with E-state index in [4.69, 9.17) is 0 Å². The van der Waals surface area contributed by atoms with Gasteiger partial charge in [0, 0.05) is 115 Å². The van der Waals surface area contributed by atoms with E-state index in [0.29, 0.717) is 0 Å². The lowest BCUT2D eigenvalue weighted by Crippen LogP contribution is -2.28. The number of hydrogen-bond donors (Lipinski definition) is 0. The minimum Gasteiger partial charge on any atom is -0.311 e. The van der Waals surface area contributed by atoms with E-state index in [0.717, 1.165) is 34.1 Å². The van der Waals surface area contributed by atoms with Crippen molar-refractivity contribution in [1.29, 1.82) is 0 Å². The number of hydrogen-bond acceptors (Lipinski definition) is 6. The van der Waals surface area contributed by atoms with Gasteiger partial charge in [-0.1, -0.05) is 400 Å². The molecule has 0 saturated carbocycles. The molecule has 2 aliphatic rings. The summed E-state index contributed by atoms with van der Waals surface area (Å²) in [5, 5.41) is 10.5. The van der Waals surface area contributed by atoms with Gasteiger partial charge in [0.2, 0.25) is 0 Å². The second-order valence-electron chi connectivity index (χ2n) is 36.6. The van der Waals surface area contributed by atoms with Crippen LogP contribution in [0.15, 0.2) is 522 Å². The molecule has 0 fully saturated rings. The minimum absolute atomic E-state index is 0.452. The summed E-state index contributed by atoms with van der Waals surface area (Å²) in [6.45, 7) is 0. The first-order valence-electron chi connectivity index (χ1n) is 48.0. The van der Waals surface area contributed by atoms with E-state index in [1.807, 2.05) is 45.3 Å². The molecular formula is C134H86N2S4. The van der Waals surface area contributed by atoms with Crippen molar-refractivity contribution in [2.24, 2.45) is 0 Å². The number of benzene rings is 22. The zero-order valence-electron chi connectivity index (χ0n) is 76.2. The van der Waals surface area contributed by atoms with Crippen LogP contribution in [0, 0.1) is 0 Å². The van der Waals surface area contributed by atoms with Crippen molar-refractivity contribution in [2.45, 2.75) is 10.8 Å². The zero-order chi connectivity index (χ0) is 92.4. The molecule has 28 rings (SSSR count). The predicted molar refractivity (Wildman–Crippen MR) is 601 cm³/mol. The van der Waals surface area contributed by atoms with Gasteiger partial charge in [-0.3, -0.25) is 0 Å². The highest BCUT2D eigenvalue weighted by Gasteiger charge is 2.49. The molecule has 4 aromatic heterocycles. The molecule has 6 heteroatoms. The Morgan fingerprint density at radius 3 is 0.707 bits per heavy atom. The van der Waals surface area contributed by atoms with Gasteiger partial charge in [-0.05, 0) is 255 Å². The predicted octanol–water partition coefficient (Wildman–Crippen LogP) is 38.5. The van der Waals surface area contributed by atoms with Crippen LogP contribution in [0.3, 0.4) is 0 Å². The fourth-order valence-corrected chi connectivity index (χ4v) is 27.5. The third kappa shape index (κ3) is 13.6. The Kier molecular flexibility index (Phi) is 20.2. The fourth-order valence-electron chi connectivity index (χ4n) is 22.9. The number of thiophene rings is 4. The number of anilines is 6. The monoisotopic (exact) mass is 1850 g/mol. The van der Waals surface area contributed by atoms with Crippen LogP contribution < -0.4 is 9.80 Å². The largest absolute Gasteiger partial charge is 0.311 e. The van der Waals surface area contributed by atoms with Crippen molar-refractivity contribution < 1.29 is 0 Å². The standard InChI is InChI=1S/2C67H43NS2/c1-3-16-47(17-4-1)67(48-18-5-2-6-19-48)60-28-10-7-22-59(60)64-52(23-15-29-61(64)67)44-32-38-49(39-33-44)68(50-40-34-45(35-41-50)53-24-13-26-57-55-20-8-11-30-62(55)69-65(53)57)51-42-36-46(37-43-51)54-25-14-27-58-56-21-9-12-31-63(56)70-66(54)58;1-3-14-49(15-4-1)67(50-16-5-2-6-17-50)60-22-10-7-20-57(60)66-54(21-13-23-61(66)67)46-30-38-53(39-31-46)68(51-34-26-44(27-35-51)47-32-40-64-58(42-47)55-18-8-11-24-62(55)69-64)52-36-28-45(29-37-52)48-33-41-65-59(43-48)56-19-9-12-25-63(56)70-65/h2*1-43H. The summed E-state index contributed by atoms with van der Waals surface area (Å²) in [4.78, 5) is 4.79. The van der Waals surface area contributed by atoms with Gasteiger partial charge in [0.15, 0.2) is 0 Å². The Morgan fingerprint density at radius 1 is 0.143 bits per heavy atom. The molecule has 2 aliphatic carbocycles. The molecule has 0 amide bonds. The van der Waals surface area contributed by atoms with Crippen LogP contribution in [-0.4, -0.2) is 0 Å². The number of fused-ring (bicyclic) bond motifs is 18. The van der Waals surface area contributed by atoms with Crippen molar-refractivity contribution in [2.75, 3.05) is 9.80 Å². The van der Waals surface area contributed by atoms with Gasteiger partial charge >= 0.3 is 0 Å². The maximum absolute atomic E-state index is 2.40. The third-order valence-corrected chi connectivity index (χ3v) is 33.9. The maximum Gasteiger partial charge on any atom is 0.0713 e. The Balaban J connectivity index is 0.000000141. The van der Waals surface area contributed by atoms with Crippen molar-refractivity contribution in [3.8, 4) is 89.0 Å². The van der Waals surface area contributed by atoms with Crippen LogP contribution in [-0.2, 0) is 10.8 Å². The van der Waals surface area contributed by atoms with Crippen LogP contribution in [0.2, 0.25) is 0 Å². The lowest BCUT2D eigenvalue weighted by atomic mass is 9.67. The molecule has 2 nitrogen and oxygen atoms in total. The first-order valence-corrected chi connectivity index (χ1v) is 51.2. The van der Waals surface area contributed by atoms with E-state index in [-0.39, 0.29) is 0 Å². The fraction of sp³-hybridized carbons (Fsp3) is 0.0149. The summed E-state index contributed by atoms with van der Waals surface area (Å²) in [5.74, 6) is 0. The van der Waals surface area contributed by atoms with Crippen LogP contribution in [0.5, 0.6) is 0 Å². The minimum atomic E-state index is -0.454. The second kappa shape index (κ2) is 34.2. The van der Waals surface area contributed by atoms with Gasteiger partial charge < -0.3 is 9.80 Å². The Morgan fingerprint density at radius 2 is 0.371 bits per heavy atom. The molecule has 22 aromatic carbocycles. The lowest BCUT2D eigenvalue weighted by Gasteiger charge is -2.34. The Labute approximate surface area is 829 Å². The van der Waals surface area contributed by atoms with Gasteiger partial charge in [0.25, 0.3) is 0 Å². The average molecular weight is 1850 g/mol. The third-order valence-electron chi connectivity index (χ3n) is 29.2. The molecular weight excluding hydrogens is 1770 g/mol. The summed E-state index contributed by atoms with van der Waals surface area (Å²) in [5.41, 5.74) is 35.8. The molecule has 0 saturated heterocycles.